The Labute approximate surface area is 114 Å². The van der Waals surface area contributed by atoms with Crippen LogP contribution >= 0.6 is 0 Å². The first-order valence-corrected chi connectivity index (χ1v) is 7.01. The van der Waals surface area contributed by atoms with Crippen molar-refractivity contribution in [3.8, 4) is 0 Å². The first kappa shape index (κ1) is 13.7. The summed E-state index contributed by atoms with van der Waals surface area (Å²) in [6.45, 7) is 5.36. The van der Waals surface area contributed by atoms with Crippen LogP contribution in [0.2, 0.25) is 0 Å². The van der Waals surface area contributed by atoms with Crippen molar-refractivity contribution in [3.63, 3.8) is 0 Å². The number of nitrogen functional groups attached to an aromatic ring is 1. The van der Waals surface area contributed by atoms with Crippen LogP contribution in [-0.2, 0) is 4.74 Å². The Morgan fingerprint density at radius 3 is 2.95 bits per heavy atom. The summed E-state index contributed by atoms with van der Waals surface area (Å²) in [5, 5.41) is 0. The number of ether oxygens (including phenoxy) is 1. The van der Waals surface area contributed by atoms with Crippen molar-refractivity contribution < 1.29 is 9.53 Å². The van der Waals surface area contributed by atoms with Gasteiger partial charge in [-0.15, -0.1) is 0 Å². The van der Waals surface area contributed by atoms with Crippen LogP contribution in [0.5, 0.6) is 0 Å². The summed E-state index contributed by atoms with van der Waals surface area (Å²) >= 11 is 0. The number of esters is 1. The number of nitrogens with zero attached hydrogens (tertiary/aromatic N) is 1. The zero-order chi connectivity index (χ0) is 13.8. The van der Waals surface area contributed by atoms with Gasteiger partial charge in [0.25, 0.3) is 0 Å². The van der Waals surface area contributed by atoms with Gasteiger partial charge < -0.3 is 15.4 Å². The van der Waals surface area contributed by atoms with Gasteiger partial charge in [0.2, 0.25) is 0 Å². The maximum Gasteiger partial charge on any atom is 0.340 e. The molecule has 1 aromatic rings. The lowest BCUT2D eigenvalue weighted by atomic mass is 10.1. The third kappa shape index (κ3) is 2.67. The van der Waals surface area contributed by atoms with Crippen LogP contribution < -0.4 is 10.6 Å². The minimum atomic E-state index is -0.339. The van der Waals surface area contributed by atoms with Gasteiger partial charge in [-0.05, 0) is 38.3 Å². The monoisotopic (exact) mass is 262 g/mol. The van der Waals surface area contributed by atoms with Crippen molar-refractivity contribution >= 4 is 17.3 Å². The smallest absolute Gasteiger partial charge is 0.340 e. The predicted octanol–water partition coefficient (Wildman–Crippen LogP) is 2.82. The molecule has 1 unspecified atom stereocenters. The average molecular weight is 262 g/mol. The normalized spacial score (nSPS) is 18.6. The van der Waals surface area contributed by atoms with Crippen molar-refractivity contribution in [2.45, 2.75) is 39.2 Å². The van der Waals surface area contributed by atoms with E-state index in [4.69, 9.17) is 10.5 Å². The van der Waals surface area contributed by atoms with Crippen molar-refractivity contribution in [1.82, 2.24) is 0 Å². The van der Waals surface area contributed by atoms with Crippen LogP contribution in [0.1, 0.15) is 43.5 Å². The molecule has 0 spiro atoms. The lowest BCUT2D eigenvalue weighted by molar-refractivity contribution is 0.0527. The number of anilines is 2. The molecule has 1 aromatic carbocycles. The van der Waals surface area contributed by atoms with Gasteiger partial charge in [0, 0.05) is 12.6 Å². The molecular formula is C15H22N2O2. The summed E-state index contributed by atoms with van der Waals surface area (Å²) in [7, 11) is 0. The molecule has 2 N–H and O–H groups in total. The fourth-order valence-corrected chi connectivity index (χ4v) is 2.77. The van der Waals surface area contributed by atoms with E-state index in [2.05, 4.69) is 11.8 Å². The minimum Gasteiger partial charge on any atom is -0.462 e. The number of rotatable bonds is 4. The lowest BCUT2D eigenvalue weighted by Crippen LogP contribution is -2.29. The zero-order valence-electron chi connectivity index (χ0n) is 11.7. The van der Waals surface area contributed by atoms with Crippen molar-refractivity contribution in [1.29, 1.82) is 0 Å². The van der Waals surface area contributed by atoms with E-state index in [1.165, 1.54) is 12.8 Å². The summed E-state index contributed by atoms with van der Waals surface area (Å²) in [6, 6.07) is 6.13. The summed E-state index contributed by atoms with van der Waals surface area (Å²) < 4.78 is 5.04. The highest BCUT2D eigenvalue weighted by Crippen LogP contribution is 2.33. The van der Waals surface area contributed by atoms with E-state index in [0.29, 0.717) is 23.9 Å². The van der Waals surface area contributed by atoms with Gasteiger partial charge in [0.05, 0.1) is 23.5 Å². The number of hydrogen-bond acceptors (Lipinski definition) is 4. The Morgan fingerprint density at radius 1 is 1.47 bits per heavy atom. The van der Waals surface area contributed by atoms with Gasteiger partial charge in [0.1, 0.15) is 0 Å². The Kier molecular flexibility index (Phi) is 4.30. The summed E-state index contributed by atoms with van der Waals surface area (Å²) in [5.74, 6) is -0.339. The number of benzene rings is 1. The van der Waals surface area contributed by atoms with Gasteiger partial charge in [-0.1, -0.05) is 13.0 Å². The summed E-state index contributed by atoms with van der Waals surface area (Å²) in [5.41, 5.74) is 8.15. The number of carbonyl (C=O) groups excluding carboxylic acids is 1. The Bertz CT molecular complexity index is 459. The molecule has 4 nitrogen and oxygen atoms in total. The Balaban J connectivity index is 2.31. The highest BCUT2D eigenvalue weighted by molar-refractivity contribution is 5.98. The van der Waals surface area contributed by atoms with Crippen LogP contribution in [0.3, 0.4) is 0 Å². The molecule has 0 saturated carbocycles. The van der Waals surface area contributed by atoms with Crippen LogP contribution in [0.15, 0.2) is 18.2 Å². The number of para-hydroxylation sites is 1. The number of carbonyl (C=O) groups is 1. The van der Waals surface area contributed by atoms with E-state index in [-0.39, 0.29) is 5.97 Å². The van der Waals surface area contributed by atoms with Crippen molar-refractivity contribution in [3.05, 3.63) is 23.8 Å². The average Bonchev–Trinajstić information content (AvgIpc) is 2.87. The molecule has 4 heteroatoms. The van der Waals surface area contributed by atoms with E-state index >= 15 is 0 Å². The van der Waals surface area contributed by atoms with E-state index < -0.39 is 0 Å². The molecule has 0 aliphatic carbocycles. The molecule has 1 heterocycles. The molecule has 0 bridgehead atoms. The first-order valence-electron chi connectivity index (χ1n) is 7.01. The fourth-order valence-electron chi connectivity index (χ4n) is 2.77. The first-order chi connectivity index (χ1) is 9.19. The summed E-state index contributed by atoms with van der Waals surface area (Å²) in [4.78, 5) is 14.2. The van der Waals surface area contributed by atoms with Gasteiger partial charge in [-0.2, -0.15) is 0 Å². The van der Waals surface area contributed by atoms with E-state index in [9.17, 15) is 4.79 Å². The Hall–Kier alpha value is -1.71. The molecule has 1 fully saturated rings. The maximum absolute atomic E-state index is 11.9. The molecule has 2 rings (SSSR count). The number of hydrogen-bond donors (Lipinski definition) is 1. The molecular weight excluding hydrogens is 240 g/mol. The molecule has 104 valence electrons. The zero-order valence-corrected chi connectivity index (χ0v) is 11.7. The molecule has 0 aromatic heterocycles. The fraction of sp³-hybridized carbons (Fsp3) is 0.533. The minimum absolute atomic E-state index is 0.339. The van der Waals surface area contributed by atoms with Crippen LogP contribution in [0.25, 0.3) is 0 Å². The van der Waals surface area contributed by atoms with E-state index in [1.54, 1.807) is 13.0 Å². The van der Waals surface area contributed by atoms with E-state index in [1.807, 2.05) is 12.1 Å². The second kappa shape index (κ2) is 5.95. The van der Waals surface area contributed by atoms with E-state index in [0.717, 1.165) is 18.7 Å². The van der Waals surface area contributed by atoms with Crippen molar-refractivity contribution in [2.75, 3.05) is 23.8 Å². The molecule has 1 saturated heterocycles. The molecule has 0 amide bonds. The van der Waals surface area contributed by atoms with Gasteiger partial charge in [-0.25, -0.2) is 4.79 Å². The maximum atomic E-state index is 11.9. The second-order valence-electron chi connectivity index (χ2n) is 4.86. The largest absolute Gasteiger partial charge is 0.462 e. The summed E-state index contributed by atoms with van der Waals surface area (Å²) in [6.07, 6.45) is 3.48. The van der Waals surface area contributed by atoms with Gasteiger partial charge >= 0.3 is 5.97 Å². The third-order valence-corrected chi connectivity index (χ3v) is 3.74. The molecule has 19 heavy (non-hydrogen) atoms. The molecule has 1 aliphatic heterocycles. The van der Waals surface area contributed by atoms with Crippen LogP contribution in [0.4, 0.5) is 11.4 Å². The molecule has 1 atom stereocenters. The Morgan fingerprint density at radius 2 is 2.26 bits per heavy atom. The van der Waals surface area contributed by atoms with Crippen molar-refractivity contribution in [2.24, 2.45) is 0 Å². The van der Waals surface area contributed by atoms with Crippen LogP contribution in [-0.4, -0.2) is 25.2 Å². The topological polar surface area (TPSA) is 55.6 Å². The molecule has 0 radical (unpaired) electrons. The number of nitrogens with two attached hydrogens (primary N) is 1. The van der Waals surface area contributed by atoms with Gasteiger partial charge in [-0.3, -0.25) is 0 Å². The lowest BCUT2D eigenvalue weighted by Gasteiger charge is -2.27. The highest BCUT2D eigenvalue weighted by Gasteiger charge is 2.26. The molecule has 1 aliphatic rings. The SMILES string of the molecule is CCOC(=O)c1cccc(N2CCCC2CC)c1N. The highest BCUT2D eigenvalue weighted by atomic mass is 16.5. The van der Waals surface area contributed by atoms with Crippen LogP contribution in [0, 0.1) is 0 Å². The van der Waals surface area contributed by atoms with Gasteiger partial charge in [0.15, 0.2) is 0 Å². The third-order valence-electron chi connectivity index (χ3n) is 3.74. The quantitative estimate of drug-likeness (QED) is 0.669. The predicted molar refractivity (Wildman–Crippen MR) is 77.5 cm³/mol. The second-order valence-corrected chi connectivity index (χ2v) is 4.86. The standard InChI is InChI=1S/C15H22N2O2/c1-3-11-7-6-10-17(11)13-9-5-8-12(14(13)16)15(18)19-4-2/h5,8-9,11H,3-4,6-7,10,16H2,1-2H3.